The van der Waals surface area contributed by atoms with Gasteiger partial charge < -0.3 is 14.7 Å². The van der Waals surface area contributed by atoms with Crippen molar-refractivity contribution in [3.05, 3.63) is 60.7 Å². The van der Waals surface area contributed by atoms with Crippen LogP contribution < -0.4 is 15.5 Å². The average molecular weight is 435 g/mol. The Labute approximate surface area is 181 Å². The molecule has 1 fully saturated rings. The lowest BCUT2D eigenvalue weighted by molar-refractivity contribution is -0.111. The molecule has 162 valence electrons. The van der Waals surface area contributed by atoms with Crippen molar-refractivity contribution in [2.45, 2.75) is 25.4 Å². The molecule has 1 aromatic carbocycles. The largest absolute Gasteiger partial charge is 0.335 e. The van der Waals surface area contributed by atoms with E-state index in [-0.39, 0.29) is 29.8 Å². The topological polar surface area (TPSA) is 116 Å². The third-order valence-corrected chi connectivity index (χ3v) is 5.09. The van der Waals surface area contributed by atoms with Crippen LogP contribution in [0.3, 0.4) is 0 Å². The fourth-order valence-corrected chi connectivity index (χ4v) is 3.48. The Morgan fingerprint density at radius 1 is 1.31 bits per heavy atom. The van der Waals surface area contributed by atoms with Gasteiger partial charge in [0, 0.05) is 23.5 Å². The maximum Gasteiger partial charge on any atom is 0.330 e. The van der Waals surface area contributed by atoms with Gasteiger partial charge in [0.1, 0.15) is 0 Å². The Kier molecular flexibility index (Phi) is 4.77. The summed E-state index contributed by atoms with van der Waals surface area (Å²) in [5.41, 5.74) is 1.79. The van der Waals surface area contributed by atoms with Crippen LogP contribution in [0.4, 0.5) is 38.2 Å². The number of nitrogens with one attached hydrogen (secondary N) is 2. The Morgan fingerprint density at radius 2 is 2.16 bits per heavy atom. The molecule has 1 aliphatic carbocycles. The zero-order valence-electron chi connectivity index (χ0n) is 16.8. The van der Waals surface area contributed by atoms with Crippen LogP contribution in [0, 0.1) is 5.95 Å². The number of fused-ring (bicyclic) bond motifs is 1. The van der Waals surface area contributed by atoms with Crippen molar-refractivity contribution in [2.24, 2.45) is 0 Å². The monoisotopic (exact) mass is 435 g/mol. The first-order valence-corrected chi connectivity index (χ1v) is 9.91. The highest BCUT2D eigenvalue weighted by Gasteiger charge is 2.41. The molecular formula is C21H18FN7O3. The average Bonchev–Trinajstić information content (AvgIpc) is 3.55. The van der Waals surface area contributed by atoms with Crippen molar-refractivity contribution in [1.82, 2.24) is 20.0 Å². The smallest absolute Gasteiger partial charge is 0.330 e. The van der Waals surface area contributed by atoms with E-state index in [0.29, 0.717) is 23.7 Å². The zero-order valence-corrected chi connectivity index (χ0v) is 16.8. The molecule has 3 amide bonds. The Bertz CT molecular complexity index is 1220. The van der Waals surface area contributed by atoms with Gasteiger partial charge in [0.15, 0.2) is 5.82 Å². The summed E-state index contributed by atoms with van der Waals surface area (Å²) < 4.78 is 17.9. The minimum absolute atomic E-state index is 0.0323. The number of carbonyl (C=O) groups is 2. The van der Waals surface area contributed by atoms with E-state index in [1.165, 1.54) is 11.0 Å². The Balaban J connectivity index is 1.54. The lowest BCUT2D eigenvalue weighted by Crippen LogP contribution is -2.46. The third-order valence-electron chi connectivity index (χ3n) is 5.09. The first kappa shape index (κ1) is 19.7. The first-order chi connectivity index (χ1) is 15.5. The van der Waals surface area contributed by atoms with E-state index >= 15 is 0 Å². The second-order valence-electron chi connectivity index (χ2n) is 7.40. The van der Waals surface area contributed by atoms with Crippen LogP contribution in [-0.4, -0.2) is 38.0 Å². The van der Waals surface area contributed by atoms with Gasteiger partial charge in [-0.15, -0.1) is 0 Å². The molecule has 1 aliphatic heterocycles. The number of anilines is 5. The number of halogens is 1. The minimum Gasteiger partial charge on any atom is -0.335 e. The highest BCUT2D eigenvalue weighted by Crippen LogP contribution is 2.39. The van der Waals surface area contributed by atoms with E-state index < -0.39 is 5.95 Å². The van der Waals surface area contributed by atoms with Crippen LogP contribution in [0.25, 0.3) is 0 Å². The van der Waals surface area contributed by atoms with Gasteiger partial charge in [-0.1, -0.05) is 12.6 Å². The summed E-state index contributed by atoms with van der Waals surface area (Å²) in [6.45, 7) is 3.84. The van der Waals surface area contributed by atoms with E-state index in [1.807, 2.05) is 0 Å². The van der Waals surface area contributed by atoms with Gasteiger partial charge in [-0.25, -0.2) is 14.7 Å². The number of nitrogens with zero attached hydrogens (tertiary/aromatic N) is 5. The summed E-state index contributed by atoms with van der Waals surface area (Å²) in [6, 6.07) is 7.90. The number of hydrogen-bond donors (Lipinski definition) is 2. The molecule has 3 heterocycles. The normalized spacial score (nSPS) is 15.3. The Morgan fingerprint density at radius 3 is 2.88 bits per heavy atom. The van der Waals surface area contributed by atoms with Gasteiger partial charge in [0.05, 0.1) is 18.3 Å². The molecule has 32 heavy (non-hydrogen) atoms. The fourth-order valence-electron chi connectivity index (χ4n) is 3.48. The van der Waals surface area contributed by atoms with E-state index in [2.05, 4.69) is 32.3 Å². The summed E-state index contributed by atoms with van der Waals surface area (Å²) in [7, 11) is 0. The van der Waals surface area contributed by atoms with Crippen molar-refractivity contribution in [3.8, 4) is 0 Å². The molecule has 0 atom stereocenters. The summed E-state index contributed by atoms with van der Waals surface area (Å²) in [4.78, 5) is 37.2. The maximum absolute atomic E-state index is 13.4. The standard InChI is InChI=1S/C21H18FN7O3/c1-2-17(30)24-13-4-3-5-15(8-13)29-19-12(11-28(21(29)31)14-6-7-14)10-23-20(26-19)25-18-9-16(22)27-32-18/h2-5,8-10,14H,1,6-7,11H2,(H,24,30)(H,23,25,26). The number of urea groups is 1. The molecule has 0 bridgehead atoms. The summed E-state index contributed by atoms with van der Waals surface area (Å²) >= 11 is 0. The number of carbonyl (C=O) groups excluding carboxylic acids is 2. The summed E-state index contributed by atoms with van der Waals surface area (Å²) in [5, 5.41) is 8.62. The van der Waals surface area contributed by atoms with Crippen LogP contribution in [0.2, 0.25) is 0 Å². The number of rotatable bonds is 6. The molecule has 3 aromatic rings. The molecule has 2 aliphatic rings. The lowest BCUT2D eigenvalue weighted by atomic mass is 10.1. The lowest BCUT2D eigenvalue weighted by Gasteiger charge is -2.36. The van der Waals surface area contributed by atoms with E-state index in [4.69, 9.17) is 4.52 Å². The quantitative estimate of drug-likeness (QED) is 0.567. The van der Waals surface area contributed by atoms with E-state index in [1.54, 1.807) is 35.4 Å². The minimum atomic E-state index is -0.777. The molecule has 0 spiro atoms. The fraction of sp³-hybridized carbons (Fsp3) is 0.190. The first-order valence-electron chi connectivity index (χ1n) is 9.91. The molecule has 0 radical (unpaired) electrons. The molecule has 2 aromatic heterocycles. The molecule has 2 N–H and O–H groups in total. The van der Waals surface area contributed by atoms with Gasteiger partial charge in [-0.2, -0.15) is 9.37 Å². The van der Waals surface area contributed by atoms with Crippen molar-refractivity contribution in [1.29, 1.82) is 0 Å². The number of benzene rings is 1. The second kappa shape index (κ2) is 7.76. The molecule has 0 saturated heterocycles. The summed E-state index contributed by atoms with van der Waals surface area (Å²) in [6.07, 6.45) is 4.68. The Hall–Kier alpha value is -4.28. The third kappa shape index (κ3) is 3.75. The van der Waals surface area contributed by atoms with E-state index in [9.17, 15) is 14.0 Å². The van der Waals surface area contributed by atoms with Crippen LogP contribution in [-0.2, 0) is 11.3 Å². The second-order valence-corrected chi connectivity index (χ2v) is 7.40. The molecular weight excluding hydrogens is 417 g/mol. The zero-order chi connectivity index (χ0) is 22.2. The van der Waals surface area contributed by atoms with E-state index in [0.717, 1.165) is 24.5 Å². The van der Waals surface area contributed by atoms with Crippen molar-refractivity contribution < 1.29 is 18.5 Å². The van der Waals surface area contributed by atoms with Crippen molar-refractivity contribution in [3.63, 3.8) is 0 Å². The molecule has 1 saturated carbocycles. The molecule has 11 heteroatoms. The van der Waals surface area contributed by atoms with Crippen LogP contribution in [0.5, 0.6) is 0 Å². The maximum atomic E-state index is 13.4. The number of aromatic nitrogens is 3. The van der Waals surface area contributed by atoms with Gasteiger partial charge >= 0.3 is 6.03 Å². The molecule has 0 unspecified atom stereocenters. The highest BCUT2D eigenvalue weighted by atomic mass is 19.1. The summed E-state index contributed by atoms with van der Waals surface area (Å²) in [5.74, 6) is -0.601. The van der Waals surface area contributed by atoms with Gasteiger partial charge in [-0.05, 0) is 42.3 Å². The predicted molar refractivity (Wildman–Crippen MR) is 113 cm³/mol. The highest BCUT2D eigenvalue weighted by molar-refractivity contribution is 6.03. The SMILES string of the molecule is C=CC(=O)Nc1cccc(N2C(=O)N(C3CC3)Cc3cnc(Nc4cc(F)no4)nc32)c1. The van der Waals surface area contributed by atoms with Crippen molar-refractivity contribution >= 4 is 41.0 Å². The van der Waals surface area contributed by atoms with Gasteiger partial charge in [0.25, 0.3) is 5.95 Å². The molecule has 5 rings (SSSR count). The number of amides is 3. The number of hydrogen-bond acceptors (Lipinski definition) is 7. The van der Waals surface area contributed by atoms with Crippen LogP contribution >= 0.6 is 0 Å². The van der Waals surface area contributed by atoms with Gasteiger partial charge in [-0.3, -0.25) is 10.1 Å². The van der Waals surface area contributed by atoms with Crippen molar-refractivity contribution in [2.75, 3.05) is 15.5 Å². The molecule has 10 nitrogen and oxygen atoms in total. The van der Waals surface area contributed by atoms with Gasteiger partial charge in [0.2, 0.25) is 17.7 Å². The van der Waals surface area contributed by atoms with Crippen LogP contribution in [0.15, 0.2) is 53.7 Å². The predicted octanol–water partition coefficient (Wildman–Crippen LogP) is 3.71. The van der Waals surface area contributed by atoms with Crippen LogP contribution in [0.1, 0.15) is 18.4 Å².